The minimum atomic E-state index is -0.946. The Balaban J connectivity index is 1.91. The highest BCUT2D eigenvalue weighted by atomic mass is 16.4. The van der Waals surface area contributed by atoms with Crippen LogP contribution in [0.2, 0.25) is 0 Å². The Morgan fingerprint density at radius 3 is 2.41 bits per heavy atom. The summed E-state index contributed by atoms with van der Waals surface area (Å²) in [6.45, 7) is 6.48. The molecular weight excluding hydrogens is 366 g/mol. The topological polar surface area (TPSA) is 77.1 Å². The van der Waals surface area contributed by atoms with Crippen LogP contribution in [0, 0.1) is 0 Å². The van der Waals surface area contributed by atoms with Gasteiger partial charge in [-0.15, -0.1) is 0 Å². The summed E-state index contributed by atoms with van der Waals surface area (Å²) in [6, 6.07) is 14.7. The van der Waals surface area contributed by atoms with Gasteiger partial charge in [-0.3, -0.25) is 4.57 Å². The number of unbranched alkanes of at least 4 members (excludes halogenated alkanes) is 1. The summed E-state index contributed by atoms with van der Waals surface area (Å²) in [7, 11) is 0. The van der Waals surface area contributed by atoms with Crippen LogP contribution < -0.4 is 5.69 Å². The second kappa shape index (κ2) is 8.90. The van der Waals surface area contributed by atoms with E-state index in [2.05, 4.69) is 12.0 Å². The van der Waals surface area contributed by atoms with Gasteiger partial charge >= 0.3 is 11.7 Å². The quantitative estimate of drug-likeness (QED) is 0.616. The highest BCUT2D eigenvalue weighted by Crippen LogP contribution is 2.24. The Bertz CT molecular complexity index is 1050. The number of aromatic nitrogens is 3. The van der Waals surface area contributed by atoms with Crippen molar-refractivity contribution in [3.63, 3.8) is 0 Å². The molecule has 1 heterocycles. The fraction of sp³-hybridized carbons (Fsp3) is 0.348. The van der Waals surface area contributed by atoms with Gasteiger partial charge in [-0.25, -0.2) is 14.3 Å². The van der Waals surface area contributed by atoms with E-state index in [1.807, 2.05) is 44.2 Å². The Labute approximate surface area is 170 Å². The number of hydrogen-bond acceptors (Lipinski definition) is 3. The molecule has 6 heteroatoms. The zero-order chi connectivity index (χ0) is 21.0. The van der Waals surface area contributed by atoms with Gasteiger partial charge in [0, 0.05) is 6.42 Å². The summed E-state index contributed by atoms with van der Waals surface area (Å²) in [4.78, 5) is 24.3. The molecule has 0 bridgehead atoms. The molecule has 1 aromatic heterocycles. The lowest BCUT2D eigenvalue weighted by Crippen LogP contribution is -2.27. The van der Waals surface area contributed by atoms with Crippen LogP contribution in [0.5, 0.6) is 0 Å². The van der Waals surface area contributed by atoms with Gasteiger partial charge in [-0.1, -0.05) is 55.8 Å². The number of rotatable bonds is 8. The van der Waals surface area contributed by atoms with Gasteiger partial charge in [-0.2, -0.15) is 5.10 Å². The van der Waals surface area contributed by atoms with Crippen LogP contribution in [0.15, 0.2) is 53.3 Å². The number of carboxylic acids is 1. The van der Waals surface area contributed by atoms with Crippen molar-refractivity contribution in [2.75, 3.05) is 0 Å². The Hall–Kier alpha value is -3.15. The van der Waals surface area contributed by atoms with Gasteiger partial charge in [-0.05, 0) is 43.0 Å². The molecule has 6 nitrogen and oxygen atoms in total. The van der Waals surface area contributed by atoms with Crippen molar-refractivity contribution in [1.29, 1.82) is 0 Å². The summed E-state index contributed by atoms with van der Waals surface area (Å²) < 4.78 is 3.29. The maximum absolute atomic E-state index is 12.8. The van der Waals surface area contributed by atoms with Crippen molar-refractivity contribution in [1.82, 2.24) is 14.3 Å². The SMILES string of the molecule is CCCCc1nn(C(C)C)c(=O)n1Cc1ccc(-c2ccccc2C(=O)O)cc1. The third kappa shape index (κ3) is 4.47. The van der Waals surface area contributed by atoms with E-state index in [1.54, 1.807) is 27.4 Å². The maximum atomic E-state index is 12.8. The lowest BCUT2D eigenvalue weighted by atomic mass is 9.99. The summed E-state index contributed by atoms with van der Waals surface area (Å²) in [6.07, 6.45) is 2.80. The molecular formula is C23H27N3O3. The minimum Gasteiger partial charge on any atom is -0.478 e. The Morgan fingerprint density at radius 1 is 1.10 bits per heavy atom. The first kappa shape index (κ1) is 20.6. The Morgan fingerprint density at radius 2 is 1.79 bits per heavy atom. The lowest BCUT2D eigenvalue weighted by molar-refractivity contribution is 0.0697. The second-order valence-electron chi connectivity index (χ2n) is 7.47. The molecule has 0 radical (unpaired) electrons. The fourth-order valence-corrected chi connectivity index (χ4v) is 3.36. The standard InChI is InChI=1S/C23H27N3O3/c1-4-5-10-21-24-26(16(2)3)23(29)25(21)15-17-11-13-18(14-12-17)19-8-6-7-9-20(19)22(27)28/h6-9,11-14,16H,4-5,10,15H2,1-3H3,(H,27,28). The number of benzene rings is 2. The molecule has 1 N–H and O–H groups in total. The monoisotopic (exact) mass is 393 g/mol. The third-order valence-electron chi connectivity index (χ3n) is 4.97. The average molecular weight is 393 g/mol. The molecule has 0 aliphatic carbocycles. The summed E-state index contributed by atoms with van der Waals surface area (Å²) in [5.41, 5.74) is 2.68. The van der Waals surface area contributed by atoms with E-state index < -0.39 is 5.97 Å². The minimum absolute atomic E-state index is 0.0130. The smallest absolute Gasteiger partial charge is 0.346 e. The molecule has 29 heavy (non-hydrogen) atoms. The van der Waals surface area contributed by atoms with Crippen molar-refractivity contribution in [3.8, 4) is 11.1 Å². The number of carbonyl (C=O) groups is 1. The van der Waals surface area contributed by atoms with Crippen LogP contribution in [0.4, 0.5) is 0 Å². The Kier molecular flexibility index (Phi) is 6.32. The number of carboxylic acid groups (broad SMARTS) is 1. The molecule has 0 spiro atoms. The van der Waals surface area contributed by atoms with Crippen molar-refractivity contribution >= 4 is 5.97 Å². The zero-order valence-electron chi connectivity index (χ0n) is 17.1. The van der Waals surface area contributed by atoms with E-state index in [-0.39, 0.29) is 17.3 Å². The van der Waals surface area contributed by atoms with E-state index in [4.69, 9.17) is 0 Å². The predicted octanol–water partition coefficient (Wildman–Crippen LogP) is 4.38. The molecule has 0 saturated heterocycles. The van der Waals surface area contributed by atoms with Crippen LogP contribution in [0.1, 0.15) is 61.4 Å². The van der Waals surface area contributed by atoms with Crippen molar-refractivity contribution < 1.29 is 9.90 Å². The van der Waals surface area contributed by atoms with Crippen molar-refractivity contribution in [2.24, 2.45) is 0 Å². The van der Waals surface area contributed by atoms with E-state index in [0.29, 0.717) is 12.1 Å². The number of aromatic carboxylic acids is 1. The highest BCUT2D eigenvalue weighted by molar-refractivity contribution is 5.95. The van der Waals surface area contributed by atoms with Gasteiger partial charge in [0.05, 0.1) is 18.2 Å². The fourth-order valence-electron chi connectivity index (χ4n) is 3.36. The van der Waals surface area contributed by atoms with Crippen molar-refractivity contribution in [2.45, 2.75) is 52.6 Å². The van der Waals surface area contributed by atoms with Crippen LogP contribution in [-0.2, 0) is 13.0 Å². The van der Waals surface area contributed by atoms with E-state index in [9.17, 15) is 14.7 Å². The molecule has 0 aliphatic rings. The van der Waals surface area contributed by atoms with Gasteiger partial charge < -0.3 is 5.11 Å². The van der Waals surface area contributed by atoms with Crippen LogP contribution in [-0.4, -0.2) is 25.4 Å². The van der Waals surface area contributed by atoms with Gasteiger partial charge in [0.1, 0.15) is 5.82 Å². The van der Waals surface area contributed by atoms with Crippen LogP contribution >= 0.6 is 0 Å². The largest absolute Gasteiger partial charge is 0.478 e. The highest BCUT2D eigenvalue weighted by Gasteiger charge is 2.16. The number of nitrogens with zero attached hydrogens (tertiary/aromatic N) is 3. The summed E-state index contributed by atoms with van der Waals surface area (Å²) in [5, 5.41) is 13.9. The van der Waals surface area contributed by atoms with E-state index in [1.165, 1.54) is 0 Å². The lowest BCUT2D eigenvalue weighted by Gasteiger charge is -2.09. The second-order valence-corrected chi connectivity index (χ2v) is 7.47. The van der Waals surface area contributed by atoms with Gasteiger partial charge in [0.25, 0.3) is 0 Å². The number of aryl methyl sites for hydroxylation is 1. The molecule has 152 valence electrons. The number of hydrogen-bond donors (Lipinski definition) is 1. The molecule has 0 saturated carbocycles. The van der Waals surface area contributed by atoms with Crippen molar-refractivity contribution in [3.05, 3.63) is 76.0 Å². The molecule has 0 fully saturated rings. The van der Waals surface area contributed by atoms with E-state index in [0.717, 1.165) is 36.2 Å². The maximum Gasteiger partial charge on any atom is 0.346 e. The van der Waals surface area contributed by atoms with E-state index >= 15 is 0 Å². The first-order valence-corrected chi connectivity index (χ1v) is 10.0. The average Bonchev–Trinajstić information content (AvgIpc) is 3.02. The molecule has 3 rings (SSSR count). The molecule has 0 aliphatic heterocycles. The summed E-state index contributed by atoms with van der Waals surface area (Å²) in [5.74, 6) is -0.135. The summed E-state index contributed by atoms with van der Waals surface area (Å²) >= 11 is 0. The van der Waals surface area contributed by atoms with Crippen LogP contribution in [0.3, 0.4) is 0 Å². The molecule has 0 atom stereocenters. The van der Waals surface area contributed by atoms with Crippen LogP contribution in [0.25, 0.3) is 11.1 Å². The van der Waals surface area contributed by atoms with Gasteiger partial charge in [0.15, 0.2) is 0 Å². The molecule has 3 aromatic rings. The third-order valence-corrected chi connectivity index (χ3v) is 4.97. The molecule has 2 aromatic carbocycles. The van der Waals surface area contributed by atoms with Gasteiger partial charge in [0.2, 0.25) is 0 Å². The molecule has 0 unspecified atom stereocenters. The first-order chi connectivity index (χ1) is 13.9. The first-order valence-electron chi connectivity index (χ1n) is 10.0. The predicted molar refractivity (Wildman–Crippen MR) is 113 cm³/mol. The molecule has 0 amide bonds. The zero-order valence-corrected chi connectivity index (χ0v) is 17.1. The normalized spacial score (nSPS) is 11.2.